The number of fused-ring (bicyclic) bond motifs is 2. The molecule has 1 aliphatic carbocycles. The highest BCUT2D eigenvalue weighted by molar-refractivity contribution is 5.85. The van der Waals surface area contributed by atoms with Gasteiger partial charge in [-0.3, -0.25) is 9.69 Å². The van der Waals surface area contributed by atoms with Crippen LogP contribution in [0.3, 0.4) is 0 Å². The third kappa shape index (κ3) is 1.83. The Balaban J connectivity index is 1.85. The fourth-order valence-electron chi connectivity index (χ4n) is 4.47. The smallest absolute Gasteiger partial charge is 0.313 e. The summed E-state index contributed by atoms with van der Waals surface area (Å²) < 4.78 is 4.96. The molecule has 0 radical (unpaired) electrons. The number of esters is 1. The van der Waals surface area contributed by atoms with Crippen molar-refractivity contribution in [3.05, 3.63) is 35.4 Å². The summed E-state index contributed by atoms with van der Waals surface area (Å²) in [4.78, 5) is 16.7. The van der Waals surface area contributed by atoms with Gasteiger partial charge in [-0.15, -0.1) is 0 Å². The molecule has 116 valence electrons. The van der Waals surface area contributed by atoms with Crippen molar-refractivity contribution >= 4 is 17.2 Å². The fraction of sp³-hybridized carbons (Fsp3) is 0.500. The van der Waals surface area contributed by atoms with E-state index in [0.29, 0.717) is 12.0 Å². The average Bonchev–Trinajstić information content (AvgIpc) is 2.85. The maximum absolute atomic E-state index is 12.0. The lowest BCUT2D eigenvalue weighted by Gasteiger charge is -2.41. The SMILES string of the molecule is COC(=O)[C@@H]1C=C2c3cccc4c3C(C[C@H]2N(C)C1)CN4C. The number of nitrogens with zero attached hydrogens (tertiary/aromatic N) is 2. The first kappa shape index (κ1) is 13.8. The van der Waals surface area contributed by atoms with E-state index >= 15 is 0 Å². The number of rotatable bonds is 1. The van der Waals surface area contributed by atoms with Gasteiger partial charge in [0.25, 0.3) is 0 Å². The predicted octanol–water partition coefficient (Wildman–Crippen LogP) is 2.11. The molecule has 2 aliphatic heterocycles. The van der Waals surface area contributed by atoms with Crippen molar-refractivity contribution in [2.24, 2.45) is 5.92 Å². The first-order valence-electron chi connectivity index (χ1n) is 7.94. The van der Waals surface area contributed by atoms with Gasteiger partial charge < -0.3 is 9.64 Å². The predicted molar refractivity (Wildman–Crippen MR) is 87.0 cm³/mol. The molecule has 22 heavy (non-hydrogen) atoms. The van der Waals surface area contributed by atoms with Crippen LogP contribution in [0, 0.1) is 5.92 Å². The van der Waals surface area contributed by atoms with Gasteiger partial charge in [0.1, 0.15) is 0 Å². The summed E-state index contributed by atoms with van der Waals surface area (Å²) in [6, 6.07) is 6.98. The van der Waals surface area contributed by atoms with Gasteiger partial charge in [-0.2, -0.15) is 0 Å². The minimum Gasteiger partial charge on any atom is -0.469 e. The minimum atomic E-state index is -0.159. The topological polar surface area (TPSA) is 32.8 Å². The Morgan fingerprint density at radius 2 is 2.09 bits per heavy atom. The molecule has 0 spiro atoms. The molecule has 4 heteroatoms. The van der Waals surface area contributed by atoms with Crippen LogP contribution in [-0.2, 0) is 9.53 Å². The average molecular weight is 298 g/mol. The third-order valence-corrected chi connectivity index (χ3v) is 5.48. The fourth-order valence-corrected chi connectivity index (χ4v) is 4.47. The first-order valence-corrected chi connectivity index (χ1v) is 7.94. The summed E-state index contributed by atoms with van der Waals surface area (Å²) >= 11 is 0. The molecule has 0 fully saturated rings. The van der Waals surface area contributed by atoms with Gasteiger partial charge in [0, 0.05) is 37.8 Å². The number of ether oxygens (including phenoxy) is 1. The molecule has 4 nitrogen and oxygen atoms in total. The molecule has 4 rings (SSSR count). The van der Waals surface area contributed by atoms with Gasteiger partial charge in [0.2, 0.25) is 0 Å². The Bertz CT molecular complexity index is 667. The zero-order chi connectivity index (χ0) is 15.4. The maximum Gasteiger partial charge on any atom is 0.313 e. The number of hydrogen-bond donors (Lipinski definition) is 0. The maximum atomic E-state index is 12.0. The Labute approximate surface area is 131 Å². The number of hydrogen-bond acceptors (Lipinski definition) is 4. The molecule has 0 amide bonds. The molecule has 3 atom stereocenters. The molecule has 0 aromatic heterocycles. The molecule has 3 aliphatic rings. The van der Waals surface area contributed by atoms with E-state index in [4.69, 9.17) is 4.74 Å². The van der Waals surface area contributed by atoms with Crippen molar-refractivity contribution in [3.8, 4) is 0 Å². The summed E-state index contributed by atoms with van der Waals surface area (Å²) in [6.07, 6.45) is 3.30. The van der Waals surface area contributed by atoms with Crippen molar-refractivity contribution in [1.82, 2.24) is 4.90 Å². The van der Waals surface area contributed by atoms with Crippen molar-refractivity contribution in [1.29, 1.82) is 0 Å². The second-order valence-electron chi connectivity index (χ2n) is 6.76. The minimum absolute atomic E-state index is 0.135. The molecule has 1 unspecified atom stereocenters. The van der Waals surface area contributed by atoms with E-state index in [9.17, 15) is 4.79 Å². The lowest BCUT2D eigenvalue weighted by molar-refractivity contribution is -0.144. The van der Waals surface area contributed by atoms with Gasteiger partial charge in [0.15, 0.2) is 0 Å². The van der Waals surface area contributed by atoms with Gasteiger partial charge in [-0.25, -0.2) is 0 Å². The monoisotopic (exact) mass is 298 g/mol. The van der Waals surface area contributed by atoms with E-state index in [-0.39, 0.29) is 11.9 Å². The Hall–Kier alpha value is -1.81. The van der Waals surface area contributed by atoms with E-state index in [1.54, 1.807) is 0 Å². The second kappa shape index (κ2) is 4.85. The van der Waals surface area contributed by atoms with Crippen molar-refractivity contribution in [2.45, 2.75) is 18.4 Å². The van der Waals surface area contributed by atoms with Crippen molar-refractivity contribution in [2.75, 3.05) is 39.2 Å². The van der Waals surface area contributed by atoms with E-state index in [1.807, 2.05) is 0 Å². The Morgan fingerprint density at radius 3 is 2.86 bits per heavy atom. The van der Waals surface area contributed by atoms with E-state index in [2.05, 4.69) is 48.2 Å². The zero-order valence-electron chi connectivity index (χ0n) is 13.4. The van der Waals surface area contributed by atoms with Crippen LogP contribution < -0.4 is 4.90 Å². The lowest BCUT2D eigenvalue weighted by atomic mass is 9.74. The van der Waals surface area contributed by atoms with Gasteiger partial charge in [0.05, 0.1) is 13.0 Å². The van der Waals surface area contributed by atoms with Crippen LogP contribution >= 0.6 is 0 Å². The lowest BCUT2D eigenvalue weighted by Crippen LogP contribution is -2.44. The zero-order valence-corrected chi connectivity index (χ0v) is 13.4. The van der Waals surface area contributed by atoms with Gasteiger partial charge in [-0.1, -0.05) is 18.2 Å². The van der Waals surface area contributed by atoms with Gasteiger partial charge >= 0.3 is 5.97 Å². The van der Waals surface area contributed by atoms with Crippen LogP contribution in [0.5, 0.6) is 0 Å². The molecule has 1 aromatic carbocycles. The number of carbonyl (C=O) groups excluding carboxylic acids is 1. The summed E-state index contributed by atoms with van der Waals surface area (Å²) in [5.74, 6) is 0.313. The van der Waals surface area contributed by atoms with E-state index in [1.165, 1.54) is 29.5 Å². The Kier molecular flexibility index (Phi) is 3.05. The number of benzene rings is 1. The highest BCUT2D eigenvalue weighted by Gasteiger charge is 2.42. The second-order valence-corrected chi connectivity index (χ2v) is 6.76. The molecule has 2 heterocycles. The number of carbonyl (C=O) groups is 1. The number of anilines is 1. The molecule has 0 N–H and O–H groups in total. The van der Waals surface area contributed by atoms with Crippen LogP contribution in [0.1, 0.15) is 23.5 Å². The summed E-state index contributed by atoms with van der Waals surface area (Å²) in [5, 5.41) is 0. The quantitative estimate of drug-likeness (QED) is 0.744. The molecule has 0 saturated heterocycles. The number of likely N-dealkylation sites (N-methyl/N-ethyl adjacent to an activating group) is 2. The van der Waals surface area contributed by atoms with E-state index in [0.717, 1.165) is 19.5 Å². The van der Waals surface area contributed by atoms with Gasteiger partial charge in [-0.05, 0) is 36.2 Å². The summed E-state index contributed by atoms with van der Waals surface area (Å²) in [6.45, 7) is 1.85. The largest absolute Gasteiger partial charge is 0.469 e. The summed E-state index contributed by atoms with van der Waals surface area (Å²) in [5.41, 5.74) is 5.48. The molecule has 1 aromatic rings. The standard InChI is InChI=1S/C18H22N2O2/c1-19-9-11-8-16-14(13-5-4-6-15(19)17(11)13)7-12(10-20(16)2)18(21)22-3/h4-7,11-12,16H,8-10H2,1-3H3/t11?,12-,16-/m1/s1. The van der Waals surface area contributed by atoms with Crippen LogP contribution in [0.25, 0.3) is 5.57 Å². The van der Waals surface area contributed by atoms with Crippen LogP contribution in [0.4, 0.5) is 5.69 Å². The highest BCUT2D eigenvalue weighted by atomic mass is 16.5. The van der Waals surface area contributed by atoms with Crippen LogP contribution in [-0.4, -0.2) is 51.2 Å². The van der Waals surface area contributed by atoms with Crippen LogP contribution in [0.15, 0.2) is 24.3 Å². The summed E-state index contributed by atoms with van der Waals surface area (Å²) in [7, 11) is 5.77. The van der Waals surface area contributed by atoms with E-state index < -0.39 is 0 Å². The highest BCUT2D eigenvalue weighted by Crippen LogP contribution is 2.49. The molecule has 0 bridgehead atoms. The van der Waals surface area contributed by atoms with Crippen molar-refractivity contribution in [3.63, 3.8) is 0 Å². The normalized spacial score (nSPS) is 29.7. The first-order chi connectivity index (χ1) is 10.6. The Morgan fingerprint density at radius 1 is 1.27 bits per heavy atom. The van der Waals surface area contributed by atoms with Crippen LogP contribution in [0.2, 0.25) is 0 Å². The molecular weight excluding hydrogens is 276 g/mol. The van der Waals surface area contributed by atoms with Crippen molar-refractivity contribution < 1.29 is 9.53 Å². The number of methoxy groups -OCH3 is 1. The molecule has 0 saturated carbocycles. The third-order valence-electron chi connectivity index (χ3n) is 5.48. The molecular formula is C18H22N2O2.